The summed E-state index contributed by atoms with van der Waals surface area (Å²) in [5.41, 5.74) is -0.571. The van der Waals surface area contributed by atoms with Crippen LogP contribution in [0.25, 0.3) is 0 Å². The monoisotopic (exact) mass is 142 g/mol. The highest BCUT2D eigenvalue weighted by molar-refractivity contribution is 5.87. The van der Waals surface area contributed by atoms with Crippen LogP contribution in [0.5, 0.6) is 0 Å². The molecule has 2 N–H and O–H groups in total. The summed E-state index contributed by atoms with van der Waals surface area (Å²) in [7, 11) is 0. The van der Waals surface area contributed by atoms with Crippen molar-refractivity contribution >= 4 is 5.97 Å². The molecule has 0 amide bonds. The predicted octanol–water partition coefficient (Wildman–Crippen LogP) is 0.542. The second kappa shape index (κ2) is 2.09. The number of carbonyl (C=O) groups is 1. The fraction of sp³-hybridized carbons (Fsp3) is 0.571. The Morgan fingerprint density at radius 2 is 2.40 bits per heavy atom. The average molecular weight is 142 g/mol. The number of carboxylic acids is 1. The SMILES string of the molecule is CC1(O)C=C(C(=O)O)CC1. The van der Waals surface area contributed by atoms with Gasteiger partial charge in [0.05, 0.1) is 5.60 Å². The molecule has 3 heteroatoms. The normalized spacial score (nSPS) is 32.0. The number of aliphatic carboxylic acids is 1. The van der Waals surface area contributed by atoms with Gasteiger partial charge in [-0.2, -0.15) is 0 Å². The second-order valence-corrected chi connectivity index (χ2v) is 2.83. The Labute approximate surface area is 59.0 Å². The van der Waals surface area contributed by atoms with E-state index in [2.05, 4.69) is 0 Å². The third kappa shape index (κ3) is 1.36. The number of hydrogen-bond acceptors (Lipinski definition) is 2. The van der Waals surface area contributed by atoms with Crippen LogP contribution >= 0.6 is 0 Å². The Balaban J connectivity index is 2.76. The van der Waals surface area contributed by atoms with Crippen LogP contribution in [0.2, 0.25) is 0 Å². The fourth-order valence-corrected chi connectivity index (χ4v) is 1.08. The number of carboxylic acid groups (broad SMARTS) is 1. The van der Waals surface area contributed by atoms with E-state index >= 15 is 0 Å². The Bertz CT molecular complexity index is 191. The largest absolute Gasteiger partial charge is 0.478 e. The van der Waals surface area contributed by atoms with Gasteiger partial charge in [-0.1, -0.05) is 0 Å². The van der Waals surface area contributed by atoms with Crippen LogP contribution in [0.3, 0.4) is 0 Å². The zero-order valence-corrected chi connectivity index (χ0v) is 5.79. The molecule has 1 rings (SSSR count). The van der Waals surface area contributed by atoms with Crippen molar-refractivity contribution in [3.05, 3.63) is 11.6 Å². The van der Waals surface area contributed by atoms with E-state index in [1.54, 1.807) is 6.92 Å². The predicted molar refractivity (Wildman–Crippen MR) is 35.6 cm³/mol. The van der Waals surface area contributed by atoms with Gasteiger partial charge >= 0.3 is 5.97 Å². The van der Waals surface area contributed by atoms with Crippen LogP contribution in [0.4, 0.5) is 0 Å². The fourth-order valence-electron chi connectivity index (χ4n) is 1.08. The lowest BCUT2D eigenvalue weighted by Crippen LogP contribution is -2.15. The first-order valence-electron chi connectivity index (χ1n) is 3.19. The molecule has 1 aliphatic carbocycles. The summed E-state index contributed by atoms with van der Waals surface area (Å²) >= 11 is 0. The summed E-state index contributed by atoms with van der Waals surface area (Å²) in [6.45, 7) is 1.61. The van der Waals surface area contributed by atoms with Crippen molar-refractivity contribution in [3.8, 4) is 0 Å². The van der Waals surface area contributed by atoms with Crippen molar-refractivity contribution < 1.29 is 15.0 Å². The lowest BCUT2D eigenvalue weighted by Gasteiger charge is -2.10. The first-order chi connectivity index (χ1) is 4.51. The molecule has 1 aliphatic rings. The quantitative estimate of drug-likeness (QED) is 0.561. The van der Waals surface area contributed by atoms with Gasteiger partial charge in [0.2, 0.25) is 0 Å². The first kappa shape index (κ1) is 7.28. The van der Waals surface area contributed by atoms with Crippen molar-refractivity contribution in [2.75, 3.05) is 0 Å². The minimum absolute atomic E-state index is 0.324. The van der Waals surface area contributed by atoms with Gasteiger partial charge in [-0.05, 0) is 25.8 Å². The molecule has 3 nitrogen and oxygen atoms in total. The molecule has 0 aliphatic heterocycles. The zero-order valence-electron chi connectivity index (χ0n) is 5.79. The smallest absolute Gasteiger partial charge is 0.331 e. The standard InChI is InChI=1S/C7H10O3/c1-7(10)3-2-5(4-7)6(8)9/h4,10H,2-3H2,1H3,(H,8,9). The Hall–Kier alpha value is -0.830. The van der Waals surface area contributed by atoms with Gasteiger partial charge in [0, 0.05) is 5.57 Å². The molecule has 1 atom stereocenters. The van der Waals surface area contributed by atoms with Crippen LogP contribution in [0.1, 0.15) is 19.8 Å². The molecule has 56 valence electrons. The first-order valence-corrected chi connectivity index (χ1v) is 3.19. The zero-order chi connectivity index (χ0) is 7.78. The molecule has 0 fully saturated rings. The summed E-state index contributed by atoms with van der Waals surface area (Å²) < 4.78 is 0. The van der Waals surface area contributed by atoms with Crippen molar-refractivity contribution in [2.24, 2.45) is 0 Å². The van der Waals surface area contributed by atoms with Crippen LogP contribution in [-0.2, 0) is 4.79 Å². The summed E-state index contributed by atoms with van der Waals surface area (Å²) in [6, 6.07) is 0. The third-order valence-electron chi connectivity index (χ3n) is 1.66. The second-order valence-electron chi connectivity index (χ2n) is 2.83. The maximum atomic E-state index is 10.3. The Morgan fingerprint density at radius 1 is 1.80 bits per heavy atom. The maximum absolute atomic E-state index is 10.3. The molecule has 0 spiro atoms. The molecular formula is C7H10O3. The molecule has 0 saturated heterocycles. The average Bonchev–Trinajstić information content (AvgIpc) is 2.10. The van der Waals surface area contributed by atoms with E-state index in [0.29, 0.717) is 18.4 Å². The van der Waals surface area contributed by atoms with Crippen molar-refractivity contribution in [2.45, 2.75) is 25.4 Å². The minimum Gasteiger partial charge on any atom is -0.478 e. The van der Waals surface area contributed by atoms with E-state index in [9.17, 15) is 9.90 Å². The molecule has 0 heterocycles. The molecule has 0 aromatic carbocycles. The summed E-state index contributed by atoms with van der Waals surface area (Å²) in [6.07, 6.45) is 2.41. The van der Waals surface area contributed by atoms with Gasteiger partial charge in [-0.25, -0.2) is 4.79 Å². The number of aliphatic hydroxyl groups is 1. The lowest BCUT2D eigenvalue weighted by atomic mass is 10.1. The third-order valence-corrected chi connectivity index (χ3v) is 1.66. The van der Waals surface area contributed by atoms with Crippen molar-refractivity contribution in [1.82, 2.24) is 0 Å². The van der Waals surface area contributed by atoms with Crippen LogP contribution in [-0.4, -0.2) is 21.8 Å². The minimum atomic E-state index is -0.919. The molecule has 0 aromatic heterocycles. The highest BCUT2D eigenvalue weighted by Crippen LogP contribution is 2.27. The summed E-state index contributed by atoms with van der Waals surface area (Å²) in [4.78, 5) is 10.3. The van der Waals surface area contributed by atoms with Crippen LogP contribution in [0, 0.1) is 0 Å². The van der Waals surface area contributed by atoms with Gasteiger partial charge in [0.1, 0.15) is 0 Å². The summed E-state index contributed by atoms with van der Waals surface area (Å²) in [5, 5.41) is 17.7. The van der Waals surface area contributed by atoms with Gasteiger partial charge in [-0.3, -0.25) is 0 Å². The topological polar surface area (TPSA) is 57.5 Å². The van der Waals surface area contributed by atoms with E-state index in [1.165, 1.54) is 6.08 Å². The molecule has 10 heavy (non-hydrogen) atoms. The van der Waals surface area contributed by atoms with E-state index in [4.69, 9.17) is 5.11 Å². The molecule has 0 radical (unpaired) electrons. The van der Waals surface area contributed by atoms with E-state index in [0.717, 1.165) is 0 Å². The Kier molecular flexibility index (Phi) is 1.52. The number of rotatable bonds is 1. The van der Waals surface area contributed by atoms with Crippen LogP contribution in [0.15, 0.2) is 11.6 Å². The molecule has 0 saturated carbocycles. The van der Waals surface area contributed by atoms with Gasteiger partial charge in [-0.15, -0.1) is 0 Å². The highest BCUT2D eigenvalue weighted by Gasteiger charge is 2.27. The van der Waals surface area contributed by atoms with Crippen molar-refractivity contribution in [1.29, 1.82) is 0 Å². The summed E-state index contributed by atoms with van der Waals surface area (Å²) in [5.74, 6) is -0.919. The van der Waals surface area contributed by atoms with Crippen LogP contribution < -0.4 is 0 Å². The maximum Gasteiger partial charge on any atom is 0.331 e. The number of hydrogen-bond donors (Lipinski definition) is 2. The Morgan fingerprint density at radius 3 is 2.60 bits per heavy atom. The van der Waals surface area contributed by atoms with Gasteiger partial charge in [0.25, 0.3) is 0 Å². The van der Waals surface area contributed by atoms with Gasteiger partial charge < -0.3 is 10.2 Å². The van der Waals surface area contributed by atoms with Crippen molar-refractivity contribution in [3.63, 3.8) is 0 Å². The molecule has 0 aromatic rings. The lowest BCUT2D eigenvalue weighted by molar-refractivity contribution is -0.132. The molecular weight excluding hydrogens is 132 g/mol. The van der Waals surface area contributed by atoms with E-state index in [-0.39, 0.29) is 0 Å². The van der Waals surface area contributed by atoms with E-state index < -0.39 is 11.6 Å². The van der Waals surface area contributed by atoms with Gasteiger partial charge in [0.15, 0.2) is 0 Å². The highest BCUT2D eigenvalue weighted by atomic mass is 16.4. The molecule has 0 bridgehead atoms. The van der Waals surface area contributed by atoms with E-state index in [1.807, 2.05) is 0 Å². The molecule has 1 unspecified atom stereocenters.